The molecule has 3 aliphatic carbocycles. The highest BCUT2D eigenvalue weighted by molar-refractivity contribution is 6.30. The number of aromatic nitrogens is 3. The van der Waals surface area contributed by atoms with Crippen LogP contribution in [0.5, 0.6) is 5.75 Å². The zero-order valence-electron chi connectivity index (χ0n) is 16.8. The minimum absolute atomic E-state index is 0.00956. The highest BCUT2D eigenvalue weighted by Crippen LogP contribution is 2.69. The molecule has 0 aliphatic heterocycles. The fraction of sp³-hybridized carbons (Fsp3) is 0.364. The smallest absolute Gasteiger partial charge is 0.254 e. The first kappa shape index (κ1) is 19.9. The largest absolute Gasteiger partial charge is 0.486 e. The van der Waals surface area contributed by atoms with Gasteiger partial charge in [0.25, 0.3) is 5.91 Å². The Morgan fingerprint density at radius 3 is 2.81 bits per heavy atom. The van der Waals surface area contributed by atoms with E-state index in [9.17, 15) is 14.0 Å². The molecule has 6 rings (SSSR count). The lowest BCUT2D eigenvalue weighted by Crippen LogP contribution is -2.75. The molecule has 2 heterocycles. The van der Waals surface area contributed by atoms with Crippen molar-refractivity contribution in [2.24, 2.45) is 5.41 Å². The van der Waals surface area contributed by atoms with Crippen molar-refractivity contribution in [2.45, 2.75) is 38.1 Å². The van der Waals surface area contributed by atoms with Crippen LogP contribution in [-0.4, -0.2) is 38.4 Å². The van der Waals surface area contributed by atoms with E-state index in [4.69, 9.17) is 16.3 Å². The van der Waals surface area contributed by atoms with E-state index in [0.717, 1.165) is 31.0 Å². The molecule has 3 saturated carbocycles. The van der Waals surface area contributed by atoms with Crippen molar-refractivity contribution in [3.63, 3.8) is 0 Å². The maximum Gasteiger partial charge on any atom is 0.254 e. The number of ketones is 1. The summed E-state index contributed by atoms with van der Waals surface area (Å²) in [5.74, 6) is -0.538. The summed E-state index contributed by atoms with van der Waals surface area (Å²) < 4.78 is 20.4. The van der Waals surface area contributed by atoms with Crippen LogP contribution in [0.25, 0.3) is 5.65 Å². The average molecular weight is 443 g/mol. The van der Waals surface area contributed by atoms with Gasteiger partial charge in [-0.25, -0.2) is 13.9 Å². The Hall–Kier alpha value is -3.00. The van der Waals surface area contributed by atoms with Crippen molar-refractivity contribution in [3.05, 3.63) is 58.8 Å². The molecule has 9 heteroatoms. The summed E-state index contributed by atoms with van der Waals surface area (Å²) in [6.45, 7) is 1.76. The molecule has 1 N–H and O–H groups in total. The average Bonchev–Trinajstić information content (AvgIpc) is 3.05. The zero-order chi connectivity index (χ0) is 21.8. The van der Waals surface area contributed by atoms with Gasteiger partial charge in [-0.1, -0.05) is 11.6 Å². The molecular formula is C22H20ClFN4O3. The number of carbonyl (C=O) groups is 2. The predicted octanol–water partition coefficient (Wildman–Crippen LogP) is 3.52. The third-order valence-corrected chi connectivity index (χ3v) is 6.39. The van der Waals surface area contributed by atoms with Gasteiger partial charge in [0.15, 0.2) is 11.4 Å². The number of hydrogen-bond donors (Lipinski definition) is 1. The Morgan fingerprint density at radius 2 is 2.06 bits per heavy atom. The van der Waals surface area contributed by atoms with Crippen molar-refractivity contribution in [1.29, 1.82) is 0 Å². The molecule has 0 saturated heterocycles. The van der Waals surface area contributed by atoms with Gasteiger partial charge in [-0.05, 0) is 43.7 Å². The van der Waals surface area contributed by atoms with Gasteiger partial charge in [-0.2, -0.15) is 5.10 Å². The van der Waals surface area contributed by atoms with Gasteiger partial charge in [-0.3, -0.25) is 9.59 Å². The van der Waals surface area contributed by atoms with E-state index < -0.39 is 5.82 Å². The van der Waals surface area contributed by atoms with Crippen molar-refractivity contribution >= 4 is 28.9 Å². The summed E-state index contributed by atoms with van der Waals surface area (Å²) in [6.07, 6.45) is 5.91. The second-order valence-corrected chi connectivity index (χ2v) is 9.18. The van der Waals surface area contributed by atoms with Gasteiger partial charge < -0.3 is 10.1 Å². The van der Waals surface area contributed by atoms with E-state index in [2.05, 4.69) is 15.4 Å². The van der Waals surface area contributed by atoms with Crippen LogP contribution in [0.3, 0.4) is 0 Å². The standard InChI is InChI=1S/C22H20ClFN4O3/c1-13-4-19-25-7-14(8-28(19)27-13)20(30)26-22-10-21(11-22,12-22)6-15(29)9-31-16-2-3-17(23)18(24)5-16/h2-5,7-8H,6,9-12H2,1H3,(H,26,30). The number of nitrogens with zero attached hydrogens (tertiary/aromatic N) is 3. The normalized spacial score (nSPS) is 23.7. The number of halogens is 2. The summed E-state index contributed by atoms with van der Waals surface area (Å²) in [6, 6.07) is 5.93. The van der Waals surface area contributed by atoms with Crippen molar-refractivity contribution in [1.82, 2.24) is 19.9 Å². The topological polar surface area (TPSA) is 85.6 Å². The number of Topliss-reactive ketones (excluding diaryl/α,β-unsaturated/α-hetero) is 1. The highest BCUT2D eigenvalue weighted by Gasteiger charge is 2.68. The molecule has 3 aromatic rings. The fourth-order valence-electron chi connectivity index (χ4n) is 4.94. The van der Waals surface area contributed by atoms with Crippen LogP contribution in [0.15, 0.2) is 36.7 Å². The van der Waals surface area contributed by atoms with Gasteiger partial charge in [0, 0.05) is 36.5 Å². The number of benzene rings is 1. The predicted molar refractivity (Wildman–Crippen MR) is 111 cm³/mol. The summed E-state index contributed by atoms with van der Waals surface area (Å²) >= 11 is 5.64. The molecule has 2 aromatic heterocycles. The first-order chi connectivity index (χ1) is 14.7. The Bertz CT molecular complexity index is 1200. The molecule has 0 radical (unpaired) electrons. The van der Waals surface area contributed by atoms with Crippen LogP contribution in [0.4, 0.5) is 4.39 Å². The number of ether oxygens (including phenoxy) is 1. The Balaban J connectivity index is 1.12. The lowest BCUT2D eigenvalue weighted by atomic mass is 9.38. The summed E-state index contributed by atoms with van der Waals surface area (Å²) in [5.41, 5.74) is 1.67. The minimum Gasteiger partial charge on any atom is -0.486 e. The van der Waals surface area contributed by atoms with Crippen molar-refractivity contribution < 1.29 is 18.7 Å². The number of amides is 1. The van der Waals surface area contributed by atoms with E-state index >= 15 is 0 Å². The molecule has 2 bridgehead atoms. The summed E-state index contributed by atoms with van der Waals surface area (Å²) in [5, 5.41) is 7.39. The molecule has 160 valence electrons. The molecule has 3 aliphatic rings. The third-order valence-electron chi connectivity index (χ3n) is 6.08. The molecule has 7 nitrogen and oxygen atoms in total. The van der Waals surface area contributed by atoms with Gasteiger partial charge in [0.1, 0.15) is 18.2 Å². The van der Waals surface area contributed by atoms with Crippen molar-refractivity contribution in [2.75, 3.05) is 6.61 Å². The quantitative estimate of drug-likeness (QED) is 0.605. The first-order valence-electron chi connectivity index (χ1n) is 9.99. The van der Waals surface area contributed by atoms with Gasteiger partial charge >= 0.3 is 0 Å². The lowest BCUT2D eigenvalue weighted by Gasteiger charge is -2.70. The Kier molecular flexibility index (Phi) is 4.51. The Morgan fingerprint density at radius 1 is 1.29 bits per heavy atom. The number of hydrogen-bond acceptors (Lipinski definition) is 5. The molecule has 31 heavy (non-hydrogen) atoms. The lowest BCUT2D eigenvalue weighted by molar-refractivity contribution is -0.162. The van der Waals surface area contributed by atoms with Crippen LogP contribution in [0.1, 0.15) is 41.7 Å². The van der Waals surface area contributed by atoms with E-state index in [1.165, 1.54) is 12.1 Å². The zero-order valence-corrected chi connectivity index (χ0v) is 17.6. The van der Waals surface area contributed by atoms with Crippen LogP contribution in [-0.2, 0) is 4.79 Å². The second kappa shape index (κ2) is 7.02. The number of rotatable bonds is 7. The molecule has 1 amide bonds. The third kappa shape index (κ3) is 3.65. The SMILES string of the molecule is Cc1cc2ncc(C(=O)NC34CC(CC(=O)COc5ccc(Cl)c(F)c5)(C3)C4)cn2n1. The van der Waals surface area contributed by atoms with Crippen LogP contribution < -0.4 is 10.1 Å². The van der Waals surface area contributed by atoms with Crippen molar-refractivity contribution in [3.8, 4) is 5.75 Å². The first-order valence-corrected chi connectivity index (χ1v) is 10.4. The van der Waals surface area contributed by atoms with Crippen LogP contribution in [0, 0.1) is 18.2 Å². The summed E-state index contributed by atoms with van der Waals surface area (Å²) in [7, 11) is 0. The highest BCUT2D eigenvalue weighted by atomic mass is 35.5. The Labute approximate surface area is 182 Å². The molecule has 3 fully saturated rings. The molecule has 1 aromatic carbocycles. The van der Waals surface area contributed by atoms with Crippen LogP contribution in [0.2, 0.25) is 5.02 Å². The molecular weight excluding hydrogens is 423 g/mol. The van der Waals surface area contributed by atoms with Crippen LogP contribution >= 0.6 is 11.6 Å². The summed E-state index contributed by atoms with van der Waals surface area (Å²) in [4.78, 5) is 29.2. The van der Waals surface area contributed by atoms with Gasteiger partial charge in [-0.15, -0.1) is 0 Å². The van der Waals surface area contributed by atoms with Gasteiger partial charge in [0.05, 0.1) is 16.3 Å². The number of aryl methyl sites for hydroxylation is 1. The van der Waals surface area contributed by atoms with Gasteiger partial charge in [0.2, 0.25) is 0 Å². The molecule has 0 unspecified atom stereocenters. The molecule has 0 atom stereocenters. The van der Waals surface area contributed by atoms with E-state index in [0.29, 0.717) is 17.6 Å². The van der Waals surface area contributed by atoms with E-state index in [1.807, 2.05) is 13.0 Å². The molecule has 0 spiro atoms. The maximum atomic E-state index is 13.5. The number of carbonyl (C=O) groups excluding carboxylic acids is 2. The number of fused-ring (bicyclic) bond motifs is 1. The monoisotopic (exact) mass is 442 g/mol. The number of nitrogens with one attached hydrogen (secondary N) is 1. The second-order valence-electron chi connectivity index (χ2n) is 8.78. The fourth-order valence-corrected chi connectivity index (χ4v) is 5.06. The van der Waals surface area contributed by atoms with E-state index in [-0.39, 0.29) is 40.0 Å². The van der Waals surface area contributed by atoms with E-state index in [1.54, 1.807) is 16.9 Å². The minimum atomic E-state index is -0.583. The maximum absolute atomic E-state index is 13.5.